The highest BCUT2D eigenvalue weighted by molar-refractivity contribution is 5.46. The van der Waals surface area contributed by atoms with Crippen LogP contribution < -0.4 is 4.90 Å². The van der Waals surface area contributed by atoms with Gasteiger partial charge >= 0.3 is 0 Å². The first kappa shape index (κ1) is 12.3. The van der Waals surface area contributed by atoms with Crippen LogP contribution in [0, 0.1) is 5.82 Å². The highest BCUT2D eigenvalue weighted by Crippen LogP contribution is 2.15. The third-order valence-corrected chi connectivity index (χ3v) is 2.30. The van der Waals surface area contributed by atoms with Crippen LogP contribution in [0.3, 0.4) is 0 Å². The van der Waals surface area contributed by atoms with Crippen molar-refractivity contribution in [1.82, 2.24) is 0 Å². The van der Waals surface area contributed by atoms with Crippen LogP contribution in [-0.4, -0.2) is 19.6 Å². The fourth-order valence-electron chi connectivity index (χ4n) is 1.52. The zero-order chi connectivity index (χ0) is 11.8. The molecule has 0 aliphatic rings. The minimum absolute atomic E-state index is 0.231. The first-order chi connectivity index (χ1) is 7.77. The van der Waals surface area contributed by atoms with Crippen molar-refractivity contribution in [3.63, 3.8) is 0 Å². The third-order valence-electron chi connectivity index (χ3n) is 2.30. The Morgan fingerprint density at radius 2 is 2.31 bits per heavy atom. The van der Waals surface area contributed by atoms with Crippen LogP contribution in [0.15, 0.2) is 29.4 Å². The number of rotatable bonds is 6. The second kappa shape index (κ2) is 6.69. The molecular weight excluding hydrogens is 207 g/mol. The molecule has 4 nitrogen and oxygen atoms in total. The van der Waals surface area contributed by atoms with E-state index in [0.29, 0.717) is 6.54 Å². The standard InChI is InChI=1S/C11H15FN4/c1-2-16(8-4-7-14-15-13)11-6-3-5-10(12)9-11/h3,5-6,9H,2,4,7-8H2,1H3. The summed E-state index contributed by atoms with van der Waals surface area (Å²) in [5.74, 6) is -0.231. The van der Waals surface area contributed by atoms with E-state index in [2.05, 4.69) is 14.9 Å². The predicted molar refractivity (Wildman–Crippen MR) is 62.9 cm³/mol. The van der Waals surface area contributed by atoms with E-state index in [9.17, 15) is 4.39 Å². The van der Waals surface area contributed by atoms with Gasteiger partial charge in [0, 0.05) is 30.2 Å². The fourth-order valence-corrected chi connectivity index (χ4v) is 1.52. The Bertz CT molecular complexity index is 374. The quantitative estimate of drug-likeness (QED) is 0.315. The van der Waals surface area contributed by atoms with Gasteiger partial charge in [0.2, 0.25) is 0 Å². The molecule has 0 fully saturated rings. The SMILES string of the molecule is CCN(CCCN=[N+]=[N-])c1cccc(F)c1. The molecule has 1 rings (SSSR count). The van der Waals surface area contributed by atoms with E-state index in [1.165, 1.54) is 12.1 Å². The van der Waals surface area contributed by atoms with E-state index in [0.717, 1.165) is 25.2 Å². The summed E-state index contributed by atoms with van der Waals surface area (Å²) in [6.45, 7) is 4.06. The van der Waals surface area contributed by atoms with Crippen molar-refractivity contribution in [2.24, 2.45) is 5.11 Å². The van der Waals surface area contributed by atoms with Gasteiger partial charge in [0.25, 0.3) is 0 Å². The highest BCUT2D eigenvalue weighted by atomic mass is 19.1. The number of halogens is 1. The molecule has 0 N–H and O–H groups in total. The normalized spacial score (nSPS) is 9.62. The molecule has 1 aromatic rings. The van der Waals surface area contributed by atoms with Gasteiger partial charge in [-0.1, -0.05) is 11.2 Å². The lowest BCUT2D eigenvalue weighted by Crippen LogP contribution is -2.24. The molecule has 0 saturated carbocycles. The average molecular weight is 222 g/mol. The molecule has 0 spiro atoms. The first-order valence-corrected chi connectivity index (χ1v) is 5.29. The molecule has 5 heteroatoms. The Hall–Kier alpha value is -1.74. The average Bonchev–Trinajstić information content (AvgIpc) is 2.29. The molecule has 0 saturated heterocycles. The predicted octanol–water partition coefficient (Wildman–Crippen LogP) is 3.35. The number of benzene rings is 1. The minimum atomic E-state index is -0.231. The lowest BCUT2D eigenvalue weighted by molar-refractivity contribution is 0.626. The van der Waals surface area contributed by atoms with Crippen LogP contribution >= 0.6 is 0 Å². The molecule has 86 valence electrons. The van der Waals surface area contributed by atoms with Gasteiger partial charge in [0.05, 0.1) is 0 Å². The zero-order valence-electron chi connectivity index (χ0n) is 9.30. The monoisotopic (exact) mass is 222 g/mol. The Balaban J connectivity index is 2.56. The maximum atomic E-state index is 13.0. The molecule has 0 bridgehead atoms. The summed E-state index contributed by atoms with van der Waals surface area (Å²) in [7, 11) is 0. The van der Waals surface area contributed by atoms with Gasteiger partial charge in [-0.15, -0.1) is 0 Å². The van der Waals surface area contributed by atoms with Crippen molar-refractivity contribution in [1.29, 1.82) is 0 Å². The molecule has 0 atom stereocenters. The third kappa shape index (κ3) is 3.79. The van der Waals surface area contributed by atoms with E-state index >= 15 is 0 Å². The number of hydrogen-bond acceptors (Lipinski definition) is 2. The van der Waals surface area contributed by atoms with Crippen LogP contribution in [0.2, 0.25) is 0 Å². The molecule has 0 aliphatic carbocycles. The topological polar surface area (TPSA) is 52.0 Å². The molecule has 0 radical (unpaired) electrons. The second-order valence-corrected chi connectivity index (χ2v) is 3.37. The van der Waals surface area contributed by atoms with Crippen LogP contribution in [0.25, 0.3) is 10.4 Å². The summed E-state index contributed by atoms with van der Waals surface area (Å²) >= 11 is 0. The lowest BCUT2D eigenvalue weighted by Gasteiger charge is -2.22. The van der Waals surface area contributed by atoms with E-state index in [-0.39, 0.29) is 5.82 Å². The fraction of sp³-hybridized carbons (Fsp3) is 0.455. The van der Waals surface area contributed by atoms with Gasteiger partial charge < -0.3 is 4.90 Å². The van der Waals surface area contributed by atoms with Crippen LogP contribution in [0.5, 0.6) is 0 Å². The van der Waals surface area contributed by atoms with Crippen molar-refractivity contribution in [3.05, 3.63) is 40.5 Å². The summed E-state index contributed by atoms with van der Waals surface area (Å²) < 4.78 is 13.0. The van der Waals surface area contributed by atoms with Gasteiger partial charge in [0.1, 0.15) is 5.82 Å². The molecule has 0 unspecified atom stereocenters. The molecule has 0 aromatic heterocycles. The number of anilines is 1. The number of azide groups is 1. The minimum Gasteiger partial charge on any atom is -0.372 e. The summed E-state index contributed by atoms with van der Waals surface area (Å²) in [4.78, 5) is 4.74. The van der Waals surface area contributed by atoms with Crippen LogP contribution in [0.1, 0.15) is 13.3 Å². The van der Waals surface area contributed by atoms with E-state index in [1.807, 2.05) is 13.0 Å². The van der Waals surface area contributed by atoms with Crippen LogP contribution in [0.4, 0.5) is 10.1 Å². The van der Waals surface area contributed by atoms with Crippen LogP contribution in [-0.2, 0) is 0 Å². The van der Waals surface area contributed by atoms with Crippen molar-refractivity contribution in [2.75, 3.05) is 24.5 Å². The number of hydrogen-bond donors (Lipinski definition) is 0. The molecule has 0 aliphatic heterocycles. The lowest BCUT2D eigenvalue weighted by atomic mass is 10.2. The molecule has 16 heavy (non-hydrogen) atoms. The Morgan fingerprint density at radius 3 is 2.94 bits per heavy atom. The van der Waals surface area contributed by atoms with Gasteiger partial charge in [-0.05, 0) is 37.1 Å². The Labute approximate surface area is 94.3 Å². The van der Waals surface area contributed by atoms with E-state index in [4.69, 9.17) is 5.53 Å². The van der Waals surface area contributed by atoms with E-state index < -0.39 is 0 Å². The van der Waals surface area contributed by atoms with Gasteiger partial charge in [-0.25, -0.2) is 4.39 Å². The summed E-state index contributed by atoms with van der Waals surface area (Å²) in [6, 6.07) is 6.51. The smallest absolute Gasteiger partial charge is 0.125 e. The maximum absolute atomic E-state index is 13.0. The van der Waals surface area contributed by atoms with Gasteiger partial charge in [-0.2, -0.15) is 0 Å². The molecule has 0 heterocycles. The summed E-state index contributed by atoms with van der Waals surface area (Å²) in [5, 5.41) is 3.47. The molecular formula is C11H15FN4. The summed E-state index contributed by atoms with van der Waals surface area (Å²) in [5.41, 5.74) is 9.00. The van der Waals surface area contributed by atoms with Crippen molar-refractivity contribution >= 4 is 5.69 Å². The van der Waals surface area contributed by atoms with E-state index in [1.54, 1.807) is 6.07 Å². The largest absolute Gasteiger partial charge is 0.372 e. The highest BCUT2D eigenvalue weighted by Gasteiger charge is 2.03. The van der Waals surface area contributed by atoms with Crippen molar-refractivity contribution in [2.45, 2.75) is 13.3 Å². The Morgan fingerprint density at radius 1 is 1.50 bits per heavy atom. The van der Waals surface area contributed by atoms with Crippen molar-refractivity contribution < 1.29 is 4.39 Å². The van der Waals surface area contributed by atoms with Gasteiger partial charge in [-0.3, -0.25) is 0 Å². The maximum Gasteiger partial charge on any atom is 0.125 e. The molecule has 1 aromatic carbocycles. The Kier molecular flexibility index (Phi) is 5.16. The van der Waals surface area contributed by atoms with Gasteiger partial charge in [0.15, 0.2) is 0 Å². The van der Waals surface area contributed by atoms with Crippen molar-refractivity contribution in [3.8, 4) is 0 Å². The second-order valence-electron chi connectivity index (χ2n) is 3.37. The molecule has 0 amide bonds. The number of nitrogens with zero attached hydrogens (tertiary/aromatic N) is 4. The first-order valence-electron chi connectivity index (χ1n) is 5.29. The zero-order valence-corrected chi connectivity index (χ0v) is 9.30. The summed E-state index contributed by atoms with van der Waals surface area (Å²) in [6.07, 6.45) is 0.772.